The summed E-state index contributed by atoms with van der Waals surface area (Å²) in [4.78, 5) is 18.5. The van der Waals surface area contributed by atoms with Gasteiger partial charge in [-0.2, -0.15) is 0 Å². The Kier molecular flexibility index (Phi) is 6.29. The highest BCUT2D eigenvalue weighted by atomic mass is 16.5. The molecule has 0 saturated heterocycles. The predicted octanol–water partition coefficient (Wildman–Crippen LogP) is 4.60. The molecule has 2 aliphatic rings. The third-order valence-electron chi connectivity index (χ3n) is 7.24. The minimum Gasteiger partial charge on any atom is -0.493 e. The van der Waals surface area contributed by atoms with Crippen LogP contribution in [0.5, 0.6) is 11.5 Å². The number of fused-ring (bicyclic) bond motifs is 2. The van der Waals surface area contributed by atoms with Crippen LogP contribution >= 0.6 is 0 Å². The van der Waals surface area contributed by atoms with Crippen molar-refractivity contribution in [2.45, 2.75) is 51.5 Å². The fraction of sp³-hybridized carbons (Fsp3) is 0.345. The number of hydrogen-bond donors (Lipinski definition) is 0. The first kappa shape index (κ1) is 22.5. The average molecular weight is 457 g/mol. The maximum atomic E-state index is 14.1. The van der Waals surface area contributed by atoms with Gasteiger partial charge in [-0.3, -0.25) is 9.69 Å². The van der Waals surface area contributed by atoms with Gasteiger partial charge in [-0.1, -0.05) is 54.6 Å². The highest BCUT2D eigenvalue weighted by molar-refractivity contribution is 5.83. The average Bonchev–Trinajstić information content (AvgIpc) is 2.87. The van der Waals surface area contributed by atoms with Crippen LogP contribution in [0.1, 0.15) is 34.7 Å². The molecule has 5 rings (SSSR count). The second-order valence-electron chi connectivity index (χ2n) is 9.37. The summed E-state index contributed by atoms with van der Waals surface area (Å²) in [7, 11) is 3.31. The number of amides is 1. The van der Waals surface area contributed by atoms with Crippen LogP contribution < -0.4 is 9.47 Å². The summed E-state index contributed by atoms with van der Waals surface area (Å²) in [6, 6.07) is 23.0. The Labute approximate surface area is 201 Å². The fourth-order valence-electron chi connectivity index (χ4n) is 5.36. The lowest BCUT2D eigenvalue weighted by Gasteiger charge is -2.42. The highest BCUT2D eigenvalue weighted by Gasteiger charge is 2.37. The van der Waals surface area contributed by atoms with E-state index in [0.29, 0.717) is 12.3 Å². The van der Waals surface area contributed by atoms with E-state index in [1.54, 1.807) is 14.2 Å². The molecule has 2 heterocycles. The van der Waals surface area contributed by atoms with E-state index in [1.165, 1.54) is 22.3 Å². The van der Waals surface area contributed by atoms with E-state index < -0.39 is 0 Å². The number of carbonyl (C=O) groups is 1. The van der Waals surface area contributed by atoms with Gasteiger partial charge < -0.3 is 14.4 Å². The van der Waals surface area contributed by atoms with E-state index in [9.17, 15) is 4.79 Å². The van der Waals surface area contributed by atoms with Crippen LogP contribution in [0.4, 0.5) is 0 Å². The fourth-order valence-corrected chi connectivity index (χ4v) is 5.36. The molecule has 5 nitrogen and oxygen atoms in total. The third kappa shape index (κ3) is 4.28. The van der Waals surface area contributed by atoms with Gasteiger partial charge in [0.1, 0.15) is 0 Å². The lowest BCUT2D eigenvalue weighted by Crippen LogP contribution is -2.54. The van der Waals surface area contributed by atoms with Crippen molar-refractivity contribution in [1.82, 2.24) is 9.80 Å². The molecule has 2 aliphatic heterocycles. The monoisotopic (exact) mass is 456 g/mol. The molecular weight excluding hydrogens is 424 g/mol. The predicted molar refractivity (Wildman–Crippen MR) is 133 cm³/mol. The Hall–Kier alpha value is -3.31. The molecule has 0 radical (unpaired) electrons. The summed E-state index contributed by atoms with van der Waals surface area (Å²) in [5.41, 5.74) is 6.19. The molecule has 34 heavy (non-hydrogen) atoms. The largest absolute Gasteiger partial charge is 0.493 e. The zero-order valence-electron chi connectivity index (χ0n) is 20.2. The zero-order chi connectivity index (χ0) is 23.7. The second kappa shape index (κ2) is 9.51. The van der Waals surface area contributed by atoms with E-state index in [-0.39, 0.29) is 18.0 Å². The first-order valence-electron chi connectivity index (χ1n) is 12.0. The van der Waals surface area contributed by atoms with E-state index in [0.717, 1.165) is 37.2 Å². The second-order valence-corrected chi connectivity index (χ2v) is 9.37. The minimum atomic E-state index is -0.181. The van der Waals surface area contributed by atoms with Crippen molar-refractivity contribution in [3.63, 3.8) is 0 Å². The summed E-state index contributed by atoms with van der Waals surface area (Å²) < 4.78 is 11.0. The molecule has 1 amide bonds. The van der Waals surface area contributed by atoms with Gasteiger partial charge in [0.25, 0.3) is 0 Å². The van der Waals surface area contributed by atoms with Crippen LogP contribution in [0.3, 0.4) is 0 Å². The van der Waals surface area contributed by atoms with Crippen molar-refractivity contribution < 1.29 is 14.3 Å². The van der Waals surface area contributed by atoms with Gasteiger partial charge in [-0.25, -0.2) is 0 Å². The van der Waals surface area contributed by atoms with Crippen molar-refractivity contribution in [3.05, 3.63) is 94.5 Å². The molecule has 0 N–H and O–H groups in total. The zero-order valence-corrected chi connectivity index (χ0v) is 20.2. The standard InChI is InChI=1S/C29H32N2O3/c1-20-13-24-15-27(33-2)28(34-3)16-25(24)19-31(20)29(32)26-14-22-11-7-8-12-23(22)18-30(26)17-21-9-5-4-6-10-21/h4-12,15-16,20,26H,13-14,17-19H2,1-3H3. The minimum absolute atomic E-state index is 0.119. The summed E-state index contributed by atoms with van der Waals surface area (Å²) >= 11 is 0. The number of ether oxygens (including phenoxy) is 2. The van der Waals surface area contributed by atoms with Crippen molar-refractivity contribution in [2.24, 2.45) is 0 Å². The summed E-state index contributed by atoms with van der Waals surface area (Å²) in [6.45, 7) is 4.28. The van der Waals surface area contributed by atoms with Gasteiger partial charge >= 0.3 is 0 Å². The molecule has 3 aromatic carbocycles. The van der Waals surface area contributed by atoms with Crippen molar-refractivity contribution in [2.75, 3.05) is 14.2 Å². The smallest absolute Gasteiger partial charge is 0.240 e. The molecule has 176 valence electrons. The molecule has 0 aliphatic carbocycles. The molecule has 3 aromatic rings. The number of methoxy groups -OCH3 is 2. The topological polar surface area (TPSA) is 42.0 Å². The number of benzene rings is 3. The molecule has 0 aromatic heterocycles. The maximum absolute atomic E-state index is 14.1. The molecule has 0 saturated carbocycles. The SMILES string of the molecule is COc1cc2c(cc1OC)CN(C(=O)C1Cc3ccccc3CN1Cc1ccccc1)C(C)C2. The van der Waals surface area contributed by atoms with Crippen molar-refractivity contribution >= 4 is 5.91 Å². The Bertz CT molecular complexity index is 1180. The molecule has 5 heteroatoms. The number of carbonyl (C=O) groups excluding carboxylic acids is 1. The lowest BCUT2D eigenvalue weighted by atomic mass is 9.90. The first-order valence-corrected chi connectivity index (χ1v) is 12.0. The van der Waals surface area contributed by atoms with Crippen molar-refractivity contribution in [1.29, 1.82) is 0 Å². The molecule has 0 spiro atoms. The van der Waals surface area contributed by atoms with Crippen LogP contribution in [0.25, 0.3) is 0 Å². The Balaban J connectivity index is 1.44. The van der Waals surface area contributed by atoms with Gasteiger partial charge in [0.15, 0.2) is 11.5 Å². The van der Waals surface area contributed by atoms with Crippen LogP contribution in [0.15, 0.2) is 66.7 Å². The van der Waals surface area contributed by atoms with E-state index in [4.69, 9.17) is 9.47 Å². The van der Waals surface area contributed by atoms with Crippen LogP contribution in [0, 0.1) is 0 Å². The molecule has 2 atom stereocenters. The van der Waals surface area contributed by atoms with Crippen molar-refractivity contribution in [3.8, 4) is 11.5 Å². The molecule has 2 unspecified atom stereocenters. The van der Waals surface area contributed by atoms with Crippen LogP contribution in [-0.2, 0) is 37.3 Å². The van der Waals surface area contributed by atoms with E-state index in [2.05, 4.69) is 71.3 Å². The van der Waals surface area contributed by atoms with E-state index >= 15 is 0 Å². The molecule has 0 fully saturated rings. The quantitative estimate of drug-likeness (QED) is 0.563. The van der Waals surface area contributed by atoms with Gasteiger partial charge in [0.2, 0.25) is 5.91 Å². The van der Waals surface area contributed by atoms with Gasteiger partial charge in [-0.15, -0.1) is 0 Å². The Morgan fingerprint density at radius 1 is 0.824 bits per heavy atom. The van der Waals surface area contributed by atoms with Crippen LogP contribution in [-0.4, -0.2) is 42.0 Å². The lowest BCUT2D eigenvalue weighted by molar-refractivity contribution is -0.141. The Morgan fingerprint density at radius 2 is 1.47 bits per heavy atom. The highest BCUT2D eigenvalue weighted by Crippen LogP contribution is 2.36. The van der Waals surface area contributed by atoms with Gasteiger partial charge in [0.05, 0.1) is 20.3 Å². The van der Waals surface area contributed by atoms with E-state index in [1.807, 2.05) is 12.1 Å². The Morgan fingerprint density at radius 3 is 2.18 bits per heavy atom. The summed E-state index contributed by atoms with van der Waals surface area (Å²) in [6.07, 6.45) is 1.55. The molecule has 0 bridgehead atoms. The van der Waals surface area contributed by atoms with Gasteiger partial charge in [-0.05, 0) is 59.7 Å². The van der Waals surface area contributed by atoms with Gasteiger partial charge in [0, 0.05) is 25.7 Å². The van der Waals surface area contributed by atoms with Crippen LogP contribution in [0.2, 0.25) is 0 Å². The third-order valence-corrected chi connectivity index (χ3v) is 7.24. The number of rotatable bonds is 5. The number of nitrogens with zero attached hydrogens (tertiary/aromatic N) is 2. The molecular formula is C29H32N2O3. The first-order chi connectivity index (χ1) is 16.6. The number of hydrogen-bond acceptors (Lipinski definition) is 4. The normalized spacial score (nSPS) is 19.8. The summed E-state index contributed by atoms with van der Waals surface area (Å²) in [5.74, 6) is 1.66. The summed E-state index contributed by atoms with van der Waals surface area (Å²) in [5, 5.41) is 0. The maximum Gasteiger partial charge on any atom is 0.240 e.